The highest BCUT2D eigenvalue weighted by molar-refractivity contribution is 5.76. The van der Waals surface area contributed by atoms with Crippen molar-refractivity contribution < 1.29 is 27.1 Å². The highest BCUT2D eigenvalue weighted by Crippen LogP contribution is 2.50. The third kappa shape index (κ3) is 7.25. The Balaban J connectivity index is 1.65. The van der Waals surface area contributed by atoms with Crippen LogP contribution in [0.2, 0.25) is 0 Å². The molecule has 2 nitrogen and oxygen atoms in total. The second-order valence-electron chi connectivity index (χ2n) is 11.1. The van der Waals surface area contributed by atoms with Gasteiger partial charge in [0.05, 0.1) is 5.92 Å². The van der Waals surface area contributed by atoms with Crippen LogP contribution in [0.15, 0.2) is 6.07 Å². The molecule has 1 atom stereocenters. The molecule has 1 aromatic carbocycles. The van der Waals surface area contributed by atoms with E-state index in [9.17, 15) is 13.6 Å². The van der Waals surface area contributed by atoms with Gasteiger partial charge in [0.25, 0.3) is 5.92 Å². The van der Waals surface area contributed by atoms with E-state index in [-0.39, 0.29) is 18.4 Å². The predicted octanol–water partition coefficient (Wildman–Crippen LogP) is 9.66. The van der Waals surface area contributed by atoms with Gasteiger partial charge in [0.15, 0.2) is 11.6 Å². The minimum atomic E-state index is -3.27. The van der Waals surface area contributed by atoms with E-state index in [0.717, 1.165) is 51.4 Å². The van der Waals surface area contributed by atoms with Gasteiger partial charge in [0, 0.05) is 17.0 Å². The quantitative estimate of drug-likeness (QED) is 0.114. The molecule has 2 aliphatic carbocycles. The molecule has 0 saturated heterocycles. The number of fused-ring (bicyclic) bond motifs is 1. The average molecular weight is 513 g/mol. The van der Waals surface area contributed by atoms with Crippen LogP contribution in [0.25, 0.3) is 0 Å². The molecule has 204 valence electrons. The van der Waals surface area contributed by atoms with E-state index in [1.165, 1.54) is 19.3 Å². The van der Waals surface area contributed by atoms with Crippen molar-refractivity contribution in [2.75, 3.05) is 0 Å². The molecule has 0 bridgehead atoms. The van der Waals surface area contributed by atoms with E-state index in [1.807, 2.05) is 0 Å². The molecule has 3 rings (SSSR count). The molecule has 1 aromatic rings. The van der Waals surface area contributed by atoms with Crippen molar-refractivity contribution in [1.82, 2.24) is 0 Å². The van der Waals surface area contributed by atoms with E-state index in [4.69, 9.17) is 4.74 Å². The summed E-state index contributed by atoms with van der Waals surface area (Å²) in [7, 11) is 0. The molecule has 0 spiro atoms. The molecule has 0 amide bonds. The Kier molecular flexibility index (Phi) is 11.1. The molecule has 6 heteroatoms. The first-order valence-electron chi connectivity index (χ1n) is 14.4. The van der Waals surface area contributed by atoms with Gasteiger partial charge < -0.3 is 4.74 Å². The minimum Gasteiger partial charge on any atom is -0.423 e. The van der Waals surface area contributed by atoms with Crippen LogP contribution < -0.4 is 4.74 Å². The van der Waals surface area contributed by atoms with Crippen LogP contribution in [0.5, 0.6) is 5.75 Å². The van der Waals surface area contributed by atoms with Crippen molar-refractivity contribution in [2.24, 2.45) is 17.8 Å². The van der Waals surface area contributed by atoms with E-state index < -0.39 is 46.7 Å². The summed E-state index contributed by atoms with van der Waals surface area (Å²) in [4.78, 5) is 12.9. The molecule has 0 aliphatic heterocycles. The second-order valence-corrected chi connectivity index (χ2v) is 11.1. The van der Waals surface area contributed by atoms with E-state index in [1.54, 1.807) is 0 Å². The van der Waals surface area contributed by atoms with Crippen LogP contribution in [-0.4, -0.2) is 5.97 Å². The Morgan fingerprint density at radius 1 is 0.889 bits per heavy atom. The number of halogens is 4. The number of benzene rings is 1. The molecule has 1 unspecified atom stereocenters. The zero-order valence-electron chi connectivity index (χ0n) is 22.2. The molecular formula is C30H44F4O2. The highest BCUT2D eigenvalue weighted by Gasteiger charge is 2.47. The Morgan fingerprint density at radius 2 is 1.50 bits per heavy atom. The van der Waals surface area contributed by atoms with Crippen molar-refractivity contribution in [3.8, 4) is 5.75 Å². The van der Waals surface area contributed by atoms with E-state index in [0.29, 0.717) is 37.7 Å². The van der Waals surface area contributed by atoms with Gasteiger partial charge in [0.2, 0.25) is 5.82 Å². The van der Waals surface area contributed by atoms with Crippen LogP contribution in [0.1, 0.15) is 128 Å². The summed E-state index contributed by atoms with van der Waals surface area (Å²) >= 11 is 0. The number of carbonyl (C=O) groups is 1. The lowest BCUT2D eigenvalue weighted by atomic mass is 9.77. The Morgan fingerprint density at radius 3 is 2.19 bits per heavy atom. The molecule has 0 aromatic heterocycles. The van der Waals surface area contributed by atoms with Crippen molar-refractivity contribution in [1.29, 1.82) is 0 Å². The summed E-state index contributed by atoms with van der Waals surface area (Å²) in [5, 5.41) is 0. The summed E-state index contributed by atoms with van der Waals surface area (Å²) < 4.78 is 65.4. The number of rotatable bonds is 13. The fraction of sp³-hybridized carbons (Fsp3) is 0.767. The Labute approximate surface area is 214 Å². The van der Waals surface area contributed by atoms with Crippen LogP contribution in [0.4, 0.5) is 17.6 Å². The normalized spacial score (nSPS) is 23.3. The molecule has 1 fully saturated rings. The lowest BCUT2D eigenvalue weighted by molar-refractivity contribution is -0.140. The number of unbranched alkanes of at least 4 members (excludes halogenated alkanes) is 7. The number of carbonyl (C=O) groups excluding carboxylic acids is 1. The molecular weight excluding hydrogens is 468 g/mol. The Bertz CT molecular complexity index is 846. The topological polar surface area (TPSA) is 26.3 Å². The largest absolute Gasteiger partial charge is 0.423 e. The van der Waals surface area contributed by atoms with Crippen molar-refractivity contribution in [2.45, 2.75) is 129 Å². The second kappa shape index (κ2) is 13.8. The van der Waals surface area contributed by atoms with Gasteiger partial charge in [-0.25, -0.2) is 13.2 Å². The number of hydrogen-bond donors (Lipinski definition) is 0. The first kappa shape index (κ1) is 29.0. The van der Waals surface area contributed by atoms with E-state index in [2.05, 4.69) is 13.8 Å². The molecule has 2 aliphatic rings. The SMILES string of the molecule is CCCCCCCCC1CCc2c(cc(F)c(F)c2OC(=O)C2CCC(CCCCC)CC2)C1(F)F. The predicted molar refractivity (Wildman–Crippen MR) is 135 cm³/mol. The molecule has 36 heavy (non-hydrogen) atoms. The molecule has 0 heterocycles. The van der Waals surface area contributed by atoms with E-state index >= 15 is 8.78 Å². The number of hydrogen-bond acceptors (Lipinski definition) is 2. The minimum absolute atomic E-state index is 0.0419. The number of ether oxygens (including phenoxy) is 1. The lowest BCUT2D eigenvalue weighted by Crippen LogP contribution is -2.33. The monoisotopic (exact) mass is 512 g/mol. The van der Waals surface area contributed by atoms with Crippen molar-refractivity contribution >= 4 is 5.97 Å². The molecule has 1 saturated carbocycles. The van der Waals surface area contributed by atoms with Crippen LogP contribution >= 0.6 is 0 Å². The average Bonchev–Trinajstić information content (AvgIpc) is 2.86. The first-order valence-corrected chi connectivity index (χ1v) is 14.4. The first-order chi connectivity index (χ1) is 17.3. The van der Waals surface area contributed by atoms with Gasteiger partial charge in [-0.3, -0.25) is 4.79 Å². The van der Waals surface area contributed by atoms with Crippen molar-refractivity contribution in [3.63, 3.8) is 0 Å². The van der Waals surface area contributed by atoms with Crippen LogP contribution in [0.3, 0.4) is 0 Å². The number of alkyl halides is 2. The maximum absolute atomic E-state index is 15.4. The fourth-order valence-corrected chi connectivity index (χ4v) is 6.06. The standard InChI is InChI=1S/C30H44F4O2/c1-3-5-7-8-9-11-13-23-18-19-24-25(30(23,33)34)20-26(31)27(32)28(24)36-29(35)22-16-14-21(15-17-22)12-10-6-4-2/h20-23H,3-19H2,1-2H3. The highest BCUT2D eigenvalue weighted by atomic mass is 19.3. The molecule has 0 N–H and O–H groups in total. The van der Waals surface area contributed by atoms with Gasteiger partial charge in [-0.1, -0.05) is 78.1 Å². The maximum atomic E-state index is 15.4. The van der Waals surface area contributed by atoms with Gasteiger partial charge in [0.1, 0.15) is 0 Å². The Hall–Kier alpha value is -1.59. The maximum Gasteiger partial charge on any atom is 0.314 e. The van der Waals surface area contributed by atoms with Gasteiger partial charge in [-0.15, -0.1) is 0 Å². The fourth-order valence-electron chi connectivity index (χ4n) is 6.06. The smallest absolute Gasteiger partial charge is 0.314 e. The summed E-state index contributed by atoms with van der Waals surface area (Å²) in [6.45, 7) is 4.30. The van der Waals surface area contributed by atoms with Crippen LogP contribution in [-0.2, 0) is 17.1 Å². The third-order valence-electron chi connectivity index (χ3n) is 8.40. The summed E-state index contributed by atoms with van der Waals surface area (Å²) in [5.41, 5.74) is -0.550. The molecule has 0 radical (unpaired) electrons. The number of esters is 1. The summed E-state index contributed by atoms with van der Waals surface area (Å²) in [5.74, 6) is -7.94. The van der Waals surface area contributed by atoms with Gasteiger partial charge in [-0.2, -0.15) is 4.39 Å². The summed E-state index contributed by atoms with van der Waals surface area (Å²) in [6, 6.07) is 0.622. The lowest BCUT2D eigenvalue weighted by Gasteiger charge is -2.34. The zero-order valence-corrected chi connectivity index (χ0v) is 22.2. The van der Waals surface area contributed by atoms with Gasteiger partial charge >= 0.3 is 5.97 Å². The third-order valence-corrected chi connectivity index (χ3v) is 8.40. The van der Waals surface area contributed by atoms with Gasteiger partial charge in [-0.05, 0) is 56.9 Å². The summed E-state index contributed by atoms with van der Waals surface area (Å²) in [6.07, 6.45) is 14.5. The van der Waals surface area contributed by atoms with Crippen LogP contribution in [0, 0.1) is 29.4 Å². The zero-order chi connectivity index (χ0) is 26.1. The van der Waals surface area contributed by atoms with Crippen molar-refractivity contribution in [3.05, 3.63) is 28.8 Å².